The van der Waals surface area contributed by atoms with Crippen molar-refractivity contribution in [1.29, 1.82) is 0 Å². The highest BCUT2D eigenvalue weighted by atomic mass is 16.4. The predicted octanol–water partition coefficient (Wildman–Crippen LogP) is 12.2. The molecule has 0 radical (unpaired) electrons. The van der Waals surface area contributed by atoms with Gasteiger partial charge in [0.1, 0.15) is 16.7 Å². The molecule has 0 aliphatic carbocycles. The summed E-state index contributed by atoms with van der Waals surface area (Å²) in [6.07, 6.45) is 0. The van der Waals surface area contributed by atoms with Crippen molar-refractivity contribution >= 4 is 50.1 Å². The van der Waals surface area contributed by atoms with Crippen LogP contribution in [0, 0.1) is 0 Å². The Balaban J connectivity index is 1.12. The first-order chi connectivity index (χ1) is 23.3. The lowest BCUT2D eigenvalue weighted by Gasteiger charge is -2.25. The van der Waals surface area contributed by atoms with Gasteiger partial charge in [0.25, 0.3) is 0 Å². The molecular formula is C43H28N2O2. The van der Waals surface area contributed by atoms with Gasteiger partial charge in [0.05, 0.1) is 5.39 Å². The third-order valence-corrected chi connectivity index (χ3v) is 8.70. The lowest BCUT2D eigenvalue weighted by atomic mass is 9.99. The maximum Gasteiger partial charge on any atom is 0.227 e. The molecule has 0 fully saturated rings. The highest BCUT2D eigenvalue weighted by molar-refractivity contribution is 6.17. The molecule has 0 atom stereocenters. The van der Waals surface area contributed by atoms with E-state index in [1.807, 2.05) is 54.6 Å². The minimum atomic E-state index is 0.601. The van der Waals surface area contributed by atoms with Crippen molar-refractivity contribution in [1.82, 2.24) is 4.98 Å². The summed E-state index contributed by atoms with van der Waals surface area (Å²) in [5.41, 5.74) is 12.0. The second-order valence-corrected chi connectivity index (χ2v) is 11.6. The van der Waals surface area contributed by atoms with Gasteiger partial charge in [-0.2, -0.15) is 0 Å². The van der Waals surface area contributed by atoms with Crippen LogP contribution in [-0.4, -0.2) is 4.98 Å². The summed E-state index contributed by atoms with van der Waals surface area (Å²) in [7, 11) is 0. The maximum absolute atomic E-state index is 6.45. The van der Waals surface area contributed by atoms with E-state index in [0.717, 1.165) is 55.7 Å². The number of aromatic nitrogens is 1. The summed E-state index contributed by atoms with van der Waals surface area (Å²) in [6, 6.07) is 58.7. The molecule has 9 rings (SSSR count). The van der Waals surface area contributed by atoms with Crippen molar-refractivity contribution in [3.63, 3.8) is 0 Å². The smallest absolute Gasteiger partial charge is 0.227 e. The summed E-state index contributed by atoms with van der Waals surface area (Å²) in [5, 5.41) is 1.97. The van der Waals surface area contributed by atoms with E-state index in [4.69, 9.17) is 13.8 Å². The number of oxazole rings is 1. The van der Waals surface area contributed by atoms with Crippen molar-refractivity contribution in [2.75, 3.05) is 4.90 Å². The Kier molecular flexibility index (Phi) is 6.43. The third kappa shape index (κ3) is 4.84. The molecule has 0 N–H and O–H groups in total. The fourth-order valence-corrected chi connectivity index (χ4v) is 6.42. The first-order valence-corrected chi connectivity index (χ1v) is 15.7. The minimum absolute atomic E-state index is 0.601. The van der Waals surface area contributed by atoms with Crippen molar-refractivity contribution in [2.45, 2.75) is 0 Å². The second-order valence-electron chi connectivity index (χ2n) is 11.6. The largest absolute Gasteiger partial charge is 0.456 e. The average Bonchev–Trinajstić information content (AvgIpc) is 3.75. The zero-order chi connectivity index (χ0) is 31.2. The van der Waals surface area contributed by atoms with E-state index < -0.39 is 0 Å². The topological polar surface area (TPSA) is 42.4 Å². The molecule has 0 spiro atoms. The molecule has 0 saturated heterocycles. The molecule has 0 bridgehead atoms. The summed E-state index contributed by atoms with van der Waals surface area (Å²) in [6.45, 7) is 0. The van der Waals surface area contributed by atoms with Gasteiger partial charge >= 0.3 is 0 Å². The number of hydrogen-bond acceptors (Lipinski definition) is 4. The van der Waals surface area contributed by atoms with E-state index in [1.54, 1.807) is 0 Å². The molecule has 0 amide bonds. The first-order valence-electron chi connectivity index (χ1n) is 15.7. The van der Waals surface area contributed by atoms with Gasteiger partial charge in [0.2, 0.25) is 5.89 Å². The fourth-order valence-electron chi connectivity index (χ4n) is 6.42. The molecule has 47 heavy (non-hydrogen) atoms. The van der Waals surface area contributed by atoms with Gasteiger partial charge in [0, 0.05) is 34.1 Å². The molecule has 0 aliphatic heterocycles. The molecule has 9 aromatic rings. The molecular weight excluding hydrogens is 576 g/mol. The molecule has 7 aromatic carbocycles. The molecule has 0 unspecified atom stereocenters. The minimum Gasteiger partial charge on any atom is -0.456 e. The van der Waals surface area contributed by atoms with Gasteiger partial charge < -0.3 is 13.7 Å². The number of para-hydroxylation sites is 1. The van der Waals surface area contributed by atoms with E-state index in [9.17, 15) is 0 Å². The van der Waals surface area contributed by atoms with E-state index >= 15 is 0 Å². The standard InChI is InChI=1S/C43H28N2O2/c1-4-11-29(12-5-1)32-15-10-16-33(27-32)30-19-21-35(22-20-30)45(34-17-8-3-9-18-34)36-23-24-37-40(28-36)46-38-25-26-39-42(41(37)38)44-43(47-39)31-13-6-2-7-14-31/h1-28H. The Morgan fingerprint density at radius 2 is 0.957 bits per heavy atom. The number of furan rings is 1. The van der Waals surface area contributed by atoms with Gasteiger partial charge in [-0.05, 0) is 89.0 Å². The Hall–Kier alpha value is -6.39. The normalized spacial score (nSPS) is 11.4. The number of rotatable bonds is 6. The van der Waals surface area contributed by atoms with Crippen molar-refractivity contribution < 1.29 is 8.83 Å². The van der Waals surface area contributed by atoms with Crippen LogP contribution >= 0.6 is 0 Å². The number of benzene rings is 7. The SMILES string of the molecule is c1ccc(-c2cccc(-c3ccc(N(c4ccccc4)c4ccc5c(c4)oc4ccc6oc(-c7ccccc7)nc6c45)cc3)c2)cc1. The third-order valence-electron chi connectivity index (χ3n) is 8.70. The molecule has 222 valence electrons. The van der Waals surface area contributed by atoms with Crippen LogP contribution in [0.5, 0.6) is 0 Å². The van der Waals surface area contributed by atoms with E-state index in [1.165, 1.54) is 22.3 Å². The Morgan fingerprint density at radius 1 is 0.383 bits per heavy atom. The number of anilines is 3. The van der Waals surface area contributed by atoms with Crippen LogP contribution in [0.4, 0.5) is 17.1 Å². The Bertz CT molecular complexity index is 2500. The zero-order valence-electron chi connectivity index (χ0n) is 25.4. The van der Waals surface area contributed by atoms with Crippen LogP contribution in [0.15, 0.2) is 179 Å². The van der Waals surface area contributed by atoms with E-state index in [2.05, 4.69) is 120 Å². The molecule has 2 aromatic heterocycles. The number of hydrogen-bond donors (Lipinski definition) is 0. The van der Waals surface area contributed by atoms with Crippen LogP contribution < -0.4 is 4.90 Å². The molecule has 2 heterocycles. The van der Waals surface area contributed by atoms with Gasteiger partial charge in [-0.1, -0.05) is 97.1 Å². The van der Waals surface area contributed by atoms with Crippen LogP contribution in [0.2, 0.25) is 0 Å². The number of nitrogens with zero attached hydrogens (tertiary/aromatic N) is 2. The Morgan fingerprint density at radius 3 is 1.68 bits per heavy atom. The molecule has 4 nitrogen and oxygen atoms in total. The lowest BCUT2D eigenvalue weighted by Crippen LogP contribution is -2.09. The highest BCUT2D eigenvalue weighted by Gasteiger charge is 2.19. The summed E-state index contributed by atoms with van der Waals surface area (Å²) < 4.78 is 12.6. The van der Waals surface area contributed by atoms with Crippen molar-refractivity contribution in [3.8, 4) is 33.7 Å². The van der Waals surface area contributed by atoms with E-state index in [-0.39, 0.29) is 0 Å². The van der Waals surface area contributed by atoms with Crippen molar-refractivity contribution in [2.24, 2.45) is 0 Å². The van der Waals surface area contributed by atoms with Gasteiger partial charge in [0.15, 0.2) is 5.58 Å². The number of fused-ring (bicyclic) bond motifs is 5. The summed E-state index contributed by atoms with van der Waals surface area (Å²) >= 11 is 0. The average molecular weight is 605 g/mol. The quantitative estimate of drug-likeness (QED) is 0.189. The van der Waals surface area contributed by atoms with E-state index in [0.29, 0.717) is 5.89 Å². The monoisotopic (exact) mass is 604 g/mol. The zero-order valence-corrected chi connectivity index (χ0v) is 25.4. The summed E-state index contributed by atoms with van der Waals surface area (Å²) in [4.78, 5) is 7.16. The van der Waals surface area contributed by atoms with Gasteiger partial charge in [-0.15, -0.1) is 0 Å². The fraction of sp³-hybridized carbons (Fsp3) is 0. The molecule has 0 aliphatic rings. The maximum atomic E-state index is 6.45. The van der Waals surface area contributed by atoms with Crippen molar-refractivity contribution in [3.05, 3.63) is 170 Å². The lowest BCUT2D eigenvalue weighted by molar-refractivity contribution is 0.619. The first kappa shape index (κ1) is 27.0. The van der Waals surface area contributed by atoms with Crippen LogP contribution in [0.3, 0.4) is 0 Å². The highest BCUT2D eigenvalue weighted by Crippen LogP contribution is 2.41. The molecule has 0 saturated carbocycles. The van der Waals surface area contributed by atoms with Gasteiger partial charge in [-0.25, -0.2) is 4.98 Å². The Labute approximate surface area is 271 Å². The van der Waals surface area contributed by atoms with Gasteiger partial charge in [-0.3, -0.25) is 0 Å². The summed E-state index contributed by atoms with van der Waals surface area (Å²) in [5.74, 6) is 0.601. The second kappa shape index (κ2) is 11.2. The molecule has 4 heteroatoms. The predicted molar refractivity (Wildman–Crippen MR) is 192 cm³/mol. The van der Waals surface area contributed by atoms with Crippen LogP contribution in [0.25, 0.3) is 66.7 Å². The van der Waals surface area contributed by atoms with Crippen LogP contribution in [-0.2, 0) is 0 Å². The van der Waals surface area contributed by atoms with Crippen LogP contribution in [0.1, 0.15) is 0 Å².